The minimum absolute atomic E-state index is 0.910. The molecular weight excluding hydrogens is 234 g/mol. The summed E-state index contributed by atoms with van der Waals surface area (Å²) >= 11 is 0. The number of rotatable bonds is 10. The van der Waals surface area contributed by atoms with E-state index in [4.69, 9.17) is 0 Å². The van der Waals surface area contributed by atoms with Gasteiger partial charge < -0.3 is 10.2 Å². The Bertz CT molecular complexity index is 313. The van der Waals surface area contributed by atoms with E-state index < -0.39 is 0 Å². The van der Waals surface area contributed by atoms with Crippen LogP contribution in [0.5, 0.6) is 0 Å². The molecule has 0 radical (unpaired) electrons. The molecule has 19 heavy (non-hydrogen) atoms. The lowest BCUT2D eigenvalue weighted by atomic mass is 10.2. The lowest BCUT2D eigenvalue weighted by Crippen LogP contribution is -2.26. The average Bonchev–Trinajstić information content (AvgIpc) is 2.46. The molecule has 0 aliphatic rings. The fourth-order valence-electron chi connectivity index (χ4n) is 2.02. The Morgan fingerprint density at radius 2 is 1.74 bits per heavy atom. The summed E-state index contributed by atoms with van der Waals surface area (Å²) < 4.78 is 0. The number of anilines is 1. The van der Waals surface area contributed by atoms with Gasteiger partial charge in [0.05, 0.1) is 0 Å². The van der Waals surface area contributed by atoms with Crippen molar-refractivity contribution in [3.8, 4) is 0 Å². The molecule has 3 heteroatoms. The molecule has 1 aromatic rings. The summed E-state index contributed by atoms with van der Waals surface area (Å²) in [6.45, 7) is 10.8. The zero-order valence-electron chi connectivity index (χ0n) is 12.8. The highest BCUT2D eigenvalue weighted by Gasteiger charge is 2.06. The molecule has 1 heterocycles. The Morgan fingerprint density at radius 3 is 2.21 bits per heavy atom. The van der Waals surface area contributed by atoms with Crippen LogP contribution in [-0.2, 0) is 6.54 Å². The molecule has 108 valence electrons. The molecule has 0 aliphatic heterocycles. The predicted molar refractivity (Wildman–Crippen MR) is 83.6 cm³/mol. The third kappa shape index (κ3) is 6.06. The quantitative estimate of drug-likeness (QED) is 0.699. The summed E-state index contributed by atoms with van der Waals surface area (Å²) in [5, 5.41) is 3.33. The first kappa shape index (κ1) is 16.0. The molecule has 1 aromatic heterocycles. The second-order valence-corrected chi connectivity index (χ2v) is 5.00. The van der Waals surface area contributed by atoms with Gasteiger partial charge in [-0.05, 0) is 31.0 Å². The summed E-state index contributed by atoms with van der Waals surface area (Å²) in [5.74, 6) is 1.13. The number of pyridine rings is 1. The highest BCUT2D eigenvalue weighted by molar-refractivity contribution is 5.39. The maximum absolute atomic E-state index is 4.62. The van der Waals surface area contributed by atoms with E-state index in [1.165, 1.54) is 31.2 Å². The second-order valence-electron chi connectivity index (χ2n) is 5.00. The Hall–Kier alpha value is -1.09. The van der Waals surface area contributed by atoms with Gasteiger partial charge in [0.25, 0.3) is 0 Å². The largest absolute Gasteiger partial charge is 0.357 e. The molecule has 1 rings (SSSR count). The van der Waals surface area contributed by atoms with Crippen LogP contribution in [0.4, 0.5) is 5.82 Å². The molecule has 3 nitrogen and oxygen atoms in total. The van der Waals surface area contributed by atoms with E-state index in [0.717, 1.165) is 32.0 Å². The Kier molecular flexibility index (Phi) is 8.23. The Morgan fingerprint density at radius 1 is 1.05 bits per heavy atom. The van der Waals surface area contributed by atoms with Crippen LogP contribution >= 0.6 is 0 Å². The Labute approximate surface area is 118 Å². The molecule has 0 amide bonds. The number of nitrogens with one attached hydrogen (secondary N) is 1. The van der Waals surface area contributed by atoms with Crippen LogP contribution < -0.4 is 10.2 Å². The molecule has 0 unspecified atom stereocenters. The van der Waals surface area contributed by atoms with Gasteiger partial charge in [-0.3, -0.25) is 0 Å². The molecule has 0 bridgehead atoms. The summed E-state index contributed by atoms with van der Waals surface area (Å²) in [6.07, 6.45) is 6.96. The van der Waals surface area contributed by atoms with Crippen molar-refractivity contribution in [3.63, 3.8) is 0 Å². The first-order valence-corrected chi connectivity index (χ1v) is 7.72. The SMILES string of the molecule is CCCCN(CCCC)c1ccc(CNCC)cn1. The zero-order valence-corrected chi connectivity index (χ0v) is 12.8. The maximum Gasteiger partial charge on any atom is 0.128 e. The van der Waals surface area contributed by atoms with E-state index in [1.807, 2.05) is 6.20 Å². The van der Waals surface area contributed by atoms with Gasteiger partial charge in [-0.15, -0.1) is 0 Å². The Balaban J connectivity index is 2.61. The normalized spacial score (nSPS) is 10.7. The molecule has 0 atom stereocenters. The lowest BCUT2D eigenvalue weighted by molar-refractivity contribution is 0.670. The first-order valence-electron chi connectivity index (χ1n) is 7.72. The second kappa shape index (κ2) is 9.79. The average molecular weight is 263 g/mol. The van der Waals surface area contributed by atoms with Crippen molar-refractivity contribution in [2.45, 2.75) is 53.0 Å². The maximum atomic E-state index is 4.62. The summed E-state index contributed by atoms with van der Waals surface area (Å²) in [7, 11) is 0. The standard InChI is InChI=1S/C16H29N3/c1-4-7-11-19(12-8-5-2)16-10-9-15(14-18-16)13-17-6-3/h9-10,14,17H,4-8,11-13H2,1-3H3. The van der Waals surface area contributed by atoms with Crippen molar-refractivity contribution in [3.05, 3.63) is 23.9 Å². The topological polar surface area (TPSA) is 28.2 Å². The molecule has 0 aliphatic carbocycles. The number of nitrogens with zero attached hydrogens (tertiary/aromatic N) is 2. The molecule has 1 N–H and O–H groups in total. The smallest absolute Gasteiger partial charge is 0.128 e. The molecule has 0 spiro atoms. The molecule has 0 saturated heterocycles. The van der Waals surface area contributed by atoms with Gasteiger partial charge >= 0.3 is 0 Å². The van der Waals surface area contributed by atoms with Crippen molar-refractivity contribution in [2.75, 3.05) is 24.5 Å². The van der Waals surface area contributed by atoms with E-state index in [2.05, 4.69) is 48.1 Å². The number of hydrogen-bond donors (Lipinski definition) is 1. The van der Waals surface area contributed by atoms with E-state index in [0.29, 0.717) is 0 Å². The third-order valence-corrected chi connectivity index (χ3v) is 3.28. The lowest BCUT2D eigenvalue weighted by Gasteiger charge is -2.23. The number of hydrogen-bond acceptors (Lipinski definition) is 3. The van der Waals surface area contributed by atoms with Crippen LogP contribution in [-0.4, -0.2) is 24.6 Å². The van der Waals surface area contributed by atoms with Crippen LogP contribution in [0.1, 0.15) is 52.0 Å². The van der Waals surface area contributed by atoms with Gasteiger partial charge in [0, 0.05) is 25.8 Å². The van der Waals surface area contributed by atoms with Crippen LogP contribution in [0.15, 0.2) is 18.3 Å². The summed E-state index contributed by atoms with van der Waals surface area (Å²) in [5.41, 5.74) is 1.26. The van der Waals surface area contributed by atoms with Gasteiger partial charge in [0.2, 0.25) is 0 Å². The van der Waals surface area contributed by atoms with Crippen LogP contribution in [0.2, 0.25) is 0 Å². The van der Waals surface area contributed by atoms with Crippen molar-refractivity contribution in [1.82, 2.24) is 10.3 Å². The third-order valence-electron chi connectivity index (χ3n) is 3.28. The van der Waals surface area contributed by atoms with Crippen LogP contribution in [0.3, 0.4) is 0 Å². The molecule has 0 aromatic carbocycles. The van der Waals surface area contributed by atoms with Crippen molar-refractivity contribution in [2.24, 2.45) is 0 Å². The highest BCUT2D eigenvalue weighted by atomic mass is 15.2. The van der Waals surface area contributed by atoms with E-state index >= 15 is 0 Å². The fraction of sp³-hybridized carbons (Fsp3) is 0.688. The van der Waals surface area contributed by atoms with E-state index in [1.54, 1.807) is 0 Å². The van der Waals surface area contributed by atoms with Gasteiger partial charge in [0.15, 0.2) is 0 Å². The van der Waals surface area contributed by atoms with E-state index in [9.17, 15) is 0 Å². The van der Waals surface area contributed by atoms with Gasteiger partial charge in [0.1, 0.15) is 5.82 Å². The summed E-state index contributed by atoms with van der Waals surface area (Å²) in [6, 6.07) is 4.36. The van der Waals surface area contributed by atoms with E-state index in [-0.39, 0.29) is 0 Å². The van der Waals surface area contributed by atoms with Crippen LogP contribution in [0, 0.1) is 0 Å². The minimum atomic E-state index is 0.910. The van der Waals surface area contributed by atoms with Crippen molar-refractivity contribution < 1.29 is 0 Å². The summed E-state index contributed by atoms with van der Waals surface area (Å²) in [4.78, 5) is 7.04. The first-order chi connectivity index (χ1) is 9.31. The molecule has 0 fully saturated rings. The molecule has 0 saturated carbocycles. The van der Waals surface area contributed by atoms with Crippen molar-refractivity contribution >= 4 is 5.82 Å². The number of aromatic nitrogens is 1. The van der Waals surface area contributed by atoms with Crippen LogP contribution in [0.25, 0.3) is 0 Å². The molecular formula is C16H29N3. The highest BCUT2D eigenvalue weighted by Crippen LogP contribution is 2.13. The minimum Gasteiger partial charge on any atom is -0.357 e. The fourth-order valence-corrected chi connectivity index (χ4v) is 2.02. The van der Waals surface area contributed by atoms with Crippen molar-refractivity contribution in [1.29, 1.82) is 0 Å². The predicted octanol–water partition coefficient (Wildman–Crippen LogP) is 3.60. The zero-order chi connectivity index (χ0) is 13.9. The van der Waals surface area contributed by atoms with Gasteiger partial charge in [-0.25, -0.2) is 4.98 Å². The van der Waals surface area contributed by atoms with Gasteiger partial charge in [-0.1, -0.05) is 39.7 Å². The van der Waals surface area contributed by atoms with Gasteiger partial charge in [-0.2, -0.15) is 0 Å². The number of unbranched alkanes of at least 4 members (excludes halogenated alkanes) is 2. The monoisotopic (exact) mass is 263 g/mol.